The minimum absolute atomic E-state index is 0.211. The van der Waals surface area contributed by atoms with Crippen LogP contribution in [0.3, 0.4) is 0 Å². The lowest BCUT2D eigenvalue weighted by Crippen LogP contribution is -2.08. The molecule has 0 aliphatic carbocycles. The lowest BCUT2D eigenvalue weighted by atomic mass is 10.1. The van der Waals surface area contributed by atoms with Crippen LogP contribution in [0, 0.1) is 23.5 Å². The first-order chi connectivity index (χ1) is 7.91. The zero-order valence-corrected chi connectivity index (χ0v) is 8.46. The minimum Gasteiger partial charge on any atom is -0.478 e. The monoisotopic (exact) mass is 239 g/mol. The molecule has 6 heteroatoms. The van der Waals surface area contributed by atoms with Gasteiger partial charge < -0.3 is 10.8 Å². The van der Waals surface area contributed by atoms with Gasteiger partial charge in [0.1, 0.15) is 0 Å². The third-order valence-electron chi connectivity index (χ3n) is 1.78. The van der Waals surface area contributed by atoms with E-state index in [2.05, 4.69) is 11.8 Å². The summed E-state index contributed by atoms with van der Waals surface area (Å²) >= 11 is 0. The first kappa shape index (κ1) is 12.6. The Labute approximate surface area is 95.0 Å². The Morgan fingerprint density at radius 2 is 1.88 bits per heavy atom. The highest BCUT2D eigenvalue weighted by Gasteiger charge is 2.13. The van der Waals surface area contributed by atoms with Gasteiger partial charge in [-0.1, -0.05) is 11.8 Å². The van der Waals surface area contributed by atoms with Gasteiger partial charge in [0, 0.05) is 5.56 Å². The highest BCUT2D eigenvalue weighted by atomic mass is 19.2. The Hall–Kier alpha value is -2.42. The van der Waals surface area contributed by atoms with Crippen LogP contribution < -0.4 is 5.73 Å². The lowest BCUT2D eigenvalue weighted by molar-refractivity contribution is -0.117. The summed E-state index contributed by atoms with van der Waals surface area (Å²) in [5, 5.41) is 8.74. The highest BCUT2D eigenvalue weighted by Crippen LogP contribution is 2.14. The molecule has 0 radical (unpaired) electrons. The maximum Gasteiger partial charge on any atom is 0.337 e. The fraction of sp³-hybridized carbons (Fsp3) is 0.0909. The molecule has 0 atom stereocenters. The van der Waals surface area contributed by atoms with Crippen LogP contribution in [0.25, 0.3) is 0 Å². The summed E-state index contributed by atoms with van der Waals surface area (Å²) in [7, 11) is 0. The second-order valence-electron chi connectivity index (χ2n) is 3.06. The number of carbonyl (C=O) groups is 2. The van der Waals surface area contributed by atoms with Crippen LogP contribution in [-0.4, -0.2) is 17.0 Å². The van der Waals surface area contributed by atoms with Crippen LogP contribution in [0.5, 0.6) is 0 Å². The smallest absolute Gasteiger partial charge is 0.337 e. The second kappa shape index (κ2) is 5.07. The number of primary amides is 1. The first-order valence-corrected chi connectivity index (χ1v) is 4.41. The summed E-state index contributed by atoms with van der Waals surface area (Å²) in [6, 6.07) is 1.19. The number of carboxylic acids is 1. The quantitative estimate of drug-likeness (QED) is 0.752. The fourth-order valence-electron chi connectivity index (χ4n) is 1.05. The predicted molar refractivity (Wildman–Crippen MR) is 54.0 cm³/mol. The zero-order chi connectivity index (χ0) is 13.0. The van der Waals surface area contributed by atoms with E-state index in [1.54, 1.807) is 0 Å². The van der Waals surface area contributed by atoms with E-state index in [0.717, 1.165) is 0 Å². The van der Waals surface area contributed by atoms with E-state index >= 15 is 0 Å². The van der Waals surface area contributed by atoms with Crippen molar-refractivity contribution in [2.45, 2.75) is 6.42 Å². The molecule has 0 saturated carbocycles. The molecule has 1 amide bonds. The summed E-state index contributed by atoms with van der Waals surface area (Å²) in [4.78, 5) is 21.1. The normalized spacial score (nSPS) is 9.29. The molecule has 0 aliphatic heterocycles. The van der Waals surface area contributed by atoms with Crippen molar-refractivity contribution in [3.8, 4) is 11.8 Å². The molecule has 4 nitrogen and oxygen atoms in total. The van der Waals surface area contributed by atoms with Gasteiger partial charge in [-0.2, -0.15) is 0 Å². The standard InChI is InChI=1S/C11H7F2NO3/c12-8-4-6(2-1-3-10(14)15)7(11(16)17)5-9(8)13/h4-5H,3H2,(H2,14,15)(H,16,17). The average molecular weight is 239 g/mol. The topological polar surface area (TPSA) is 80.4 Å². The summed E-state index contributed by atoms with van der Waals surface area (Å²) in [5.41, 5.74) is 4.13. The van der Waals surface area contributed by atoms with Crippen molar-refractivity contribution >= 4 is 11.9 Å². The Morgan fingerprint density at radius 3 is 2.41 bits per heavy atom. The van der Waals surface area contributed by atoms with Gasteiger partial charge in [0.15, 0.2) is 11.6 Å². The average Bonchev–Trinajstić information content (AvgIpc) is 2.22. The summed E-state index contributed by atoms with van der Waals surface area (Å²) in [6.45, 7) is 0. The first-order valence-electron chi connectivity index (χ1n) is 4.41. The molecule has 1 aromatic rings. The van der Waals surface area contributed by atoms with E-state index < -0.39 is 29.1 Å². The molecular formula is C11H7F2NO3. The van der Waals surface area contributed by atoms with Crippen LogP contribution in [0.4, 0.5) is 8.78 Å². The van der Waals surface area contributed by atoms with Crippen LogP contribution in [0.15, 0.2) is 12.1 Å². The van der Waals surface area contributed by atoms with Gasteiger partial charge in [-0.05, 0) is 12.1 Å². The Balaban J connectivity index is 3.20. The number of nitrogens with two attached hydrogens (primary N) is 1. The number of amides is 1. The van der Waals surface area contributed by atoms with Crippen molar-refractivity contribution in [1.29, 1.82) is 0 Å². The maximum atomic E-state index is 12.9. The lowest BCUT2D eigenvalue weighted by Gasteiger charge is -2.00. The van der Waals surface area contributed by atoms with E-state index in [4.69, 9.17) is 10.8 Å². The van der Waals surface area contributed by atoms with Gasteiger partial charge in [0.2, 0.25) is 5.91 Å². The largest absolute Gasteiger partial charge is 0.478 e. The molecule has 1 aromatic carbocycles. The molecule has 3 N–H and O–H groups in total. The van der Waals surface area contributed by atoms with Gasteiger partial charge in [-0.25, -0.2) is 13.6 Å². The molecule has 0 spiro atoms. The van der Waals surface area contributed by atoms with Crippen molar-refractivity contribution < 1.29 is 23.5 Å². The molecule has 1 rings (SSSR count). The number of benzene rings is 1. The van der Waals surface area contributed by atoms with Crippen molar-refractivity contribution in [2.24, 2.45) is 5.73 Å². The van der Waals surface area contributed by atoms with Gasteiger partial charge in [-0.15, -0.1) is 0 Å². The van der Waals surface area contributed by atoms with Crippen molar-refractivity contribution in [3.05, 3.63) is 34.9 Å². The van der Waals surface area contributed by atoms with E-state index in [1.165, 1.54) is 0 Å². The minimum atomic E-state index is -1.44. The third-order valence-corrected chi connectivity index (χ3v) is 1.78. The molecule has 88 valence electrons. The molecule has 0 aliphatic rings. The van der Waals surface area contributed by atoms with E-state index in [-0.39, 0.29) is 12.0 Å². The van der Waals surface area contributed by atoms with Crippen LogP contribution in [0.1, 0.15) is 22.3 Å². The maximum absolute atomic E-state index is 12.9. The number of carboxylic acid groups (broad SMARTS) is 1. The molecule has 17 heavy (non-hydrogen) atoms. The summed E-state index contributed by atoms with van der Waals surface area (Å²) in [5.74, 6) is -0.0982. The fourth-order valence-corrected chi connectivity index (χ4v) is 1.05. The number of rotatable bonds is 2. The van der Waals surface area contributed by atoms with Crippen LogP contribution in [0.2, 0.25) is 0 Å². The molecule has 0 aromatic heterocycles. The van der Waals surface area contributed by atoms with Crippen molar-refractivity contribution in [1.82, 2.24) is 0 Å². The van der Waals surface area contributed by atoms with E-state index in [0.29, 0.717) is 12.1 Å². The SMILES string of the molecule is NC(=O)CC#Cc1cc(F)c(F)cc1C(=O)O. The van der Waals surface area contributed by atoms with Gasteiger partial charge in [-0.3, -0.25) is 4.79 Å². The Bertz CT molecular complexity index is 544. The van der Waals surface area contributed by atoms with Gasteiger partial charge in [0.05, 0.1) is 12.0 Å². The predicted octanol–water partition coefficient (Wildman–Crippen LogP) is 0.890. The second-order valence-corrected chi connectivity index (χ2v) is 3.06. The van der Waals surface area contributed by atoms with Crippen molar-refractivity contribution in [3.63, 3.8) is 0 Å². The summed E-state index contributed by atoms with van der Waals surface area (Å²) < 4.78 is 25.7. The number of carbonyl (C=O) groups excluding carboxylic acids is 1. The summed E-state index contributed by atoms with van der Waals surface area (Å²) in [6.07, 6.45) is -0.294. The van der Waals surface area contributed by atoms with Gasteiger partial charge >= 0.3 is 5.97 Å². The molecule has 0 heterocycles. The third kappa shape index (κ3) is 3.28. The van der Waals surface area contributed by atoms with Crippen LogP contribution >= 0.6 is 0 Å². The van der Waals surface area contributed by atoms with Gasteiger partial charge in [0.25, 0.3) is 0 Å². The molecule has 0 bridgehead atoms. The van der Waals surface area contributed by atoms with E-state index in [9.17, 15) is 18.4 Å². The number of hydrogen-bond acceptors (Lipinski definition) is 2. The highest BCUT2D eigenvalue weighted by molar-refractivity contribution is 5.90. The molecule has 0 fully saturated rings. The van der Waals surface area contributed by atoms with Crippen LogP contribution in [-0.2, 0) is 4.79 Å². The number of aromatic carboxylic acids is 1. The molecular weight excluding hydrogens is 232 g/mol. The number of halogens is 2. The van der Waals surface area contributed by atoms with Crippen molar-refractivity contribution in [2.75, 3.05) is 0 Å². The Morgan fingerprint density at radius 1 is 1.29 bits per heavy atom. The Kier molecular flexibility index (Phi) is 3.78. The zero-order valence-electron chi connectivity index (χ0n) is 8.46. The number of hydrogen-bond donors (Lipinski definition) is 2. The van der Waals surface area contributed by atoms with E-state index in [1.807, 2.05) is 0 Å². The molecule has 0 saturated heterocycles. The molecule has 0 unspecified atom stereocenters.